The van der Waals surface area contributed by atoms with Gasteiger partial charge in [0.05, 0.1) is 18.1 Å². The number of aromatic nitrogens is 1. The third-order valence-electron chi connectivity index (χ3n) is 5.36. The Bertz CT molecular complexity index is 1110. The van der Waals surface area contributed by atoms with E-state index in [4.69, 9.17) is 22.1 Å². The molecule has 0 bridgehead atoms. The number of aliphatic hydroxyl groups is 1. The van der Waals surface area contributed by atoms with E-state index in [1.807, 2.05) is 7.05 Å². The molecule has 0 spiro atoms. The maximum absolute atomic E-state index is 14.0. The summed E-state index contributed by atoms with van der Waals surface area (Å²) >= 11 is 6.25. The molecule has 15 heteroatoms. The first-order chi connectivity index (χ1) is 17.0. The van der Waals surface area contributed by atoms with Crippen LogP contribution in [0.1, 0.15) is 22.3 Å². The van der Waals surface area contributed by atoms with Crippen molar-refractivity contribution in [2.45, 2.75) is 19.1 Å². The largest absolute Gasteiger partial charge is 0.471 e. The first-order valence-corrected chi connectivity index (χ1v) is 11.9. The Labute approximate surface area is 214 Å². The molecule has 1 saturated heterocycles. The molecule has 1 aliphatic rings. The van der Waals surface area contributed by atoms with Gasteiger partial charge in [-0.25, -0.2) is 13.6 Å². The van der Waals surface area contributed by atoms with E-state index in [1.165, 1.54) is 0 Å². The number of aliphatic hydroxyl groups excluding tert-OH is 1. The molecule has 0 saturated carbocycles. The van der Waals surface area contributed by atoms with E-state index in [1.54, 1.807) is 4.90 Å². The smallest absolute Gasteiger partial charge is 0.320 e. The molecule has 36 heavy (non-hydrogen) atoms. The van der Waals surface area contributed by atoms with Gasteiger partial charge in [-0.3, -0.25) is 14.9 Å². The number of rotatable bonds is 9. The third-order valence-corrected chi connectivity index (χ3v) is 6.32. The van der Waals surface area contributed by atoms with Gasteiger partial charge >= 0.3 is 6.03 Å². The van der Waals surface area contributed by atoms with Crippen molar-refractivity contribution in [3.8, 4) is 5.88 Å². The quantitative estimate of drug-likeness (QED) is 0.371. The number of amides is 4. The molecule has 196 valence electrons. The highest BCUT2D eigenvalue weighted by molar-refractivity contribution is 7.11. The number of carbonyl (C=O) groups excluding carboxylic acids is 3. The fourth-order valence-corrected chi connectivity index (χ4v) is 4.27. The van der Waals surface area contributed by atoms with Gasteiger partial charge in [-0.1, -0.05) is 11.6 Å². The minimum atomic E-state index is -1.12. The van der Waals surface area contributed by atoms with Gasteiger partial charge in [-0.15, -0.1) is 0 Å². The first kappa shape index (κ1) is 27.5. The predicted molar refractivity (Wildman–Crippen MR) is 128 cm³/mol. The van der Waals surface area contributed by atoms with E-state index < -0.39 is 41.8 Å². The van der Waals surface area contributed by atoms with Gasteiger partial charge in [-0.05, 0) is 30.7 Å². The number of hydrogen-bond acceptors (Lipinski definition) is 8. The number of piperazine rings is 1. The number of hydrogen-bond donors (Lipinski definition) is 4. The molecule has 1 atom stereocenters. The zero-order chi connectivity index (χ0) is 26.4. The Kier molecular flexibility index (Phi) is 9.37. The third kappa shape index (κ3) is 7.22. The van der Waals surface area contributed by atoms with Gasteiger partial charge in [0.1, 0.15) is 28.8 Å². The van der Waals surface area contributed by atoms with E-state index in [0.717, 1.165) is 25.2 Å². The molecular weight excluding hydrogens is 522 g/mol. The van der Waals surface area contributed by atoms with Crippen LogP contribution in [0.5, 0.6) is 5.88 Å². The molecule has 1 aliphatic heterocycles. The number of nitrogens with one attached hydrogen (secondary N) is 2. The summed E-state index contributed by atoms with van der Waals surface area (Å²) in [4.78, 5) is 40.2. The number of halogens is 3. The van der Waals surface area contributed by atoms with Crippen LogP contribution in [0, 0.1) is 11.6 Å². The van der Waals surface area contributed by atoms with Crippen molar-refractivity contribution < 1.29 is 33.0 Å². The fourth-order valence-electron chi connectivity index (χ4n) is 3.34. The van der Waals surface area contributed by atoms with Crippen molar-refractivity contribution in [1.29, 1.82) is 0 Å². The fraction of sp³-hybridized carbons (Fsp3) is 0.429. The van der Waals surface area contributed by atoms with Gasteiger partial charge in [0, 0.05) is 37.7 Å². The Morgan fingerprint density at radius 1 is 1.25 bits per heavy atom. The van der Waals surface area contributed by atoms with Gasteiger partial charge in [0.25, 0.3) is 5.91 Å². The van der Waals surface area contributed by atoms with Crippen LogP contribution in [0.4, 0.5) is 18.6 Å². The van der Waals surface area contributed by atoms with Crippen molar-refractivity contribution in [3.63, 3.8) is 0 Å². The van der Waals surface area contributed by atoms with Crippen molar-refractivity contribution in [2.24, 2.45) is 5.73 Å². The van der Waals surface area contributed by atoms with Crippen LogP contribution in [0.15, 0.2) is 12.1 Å². The van der Waals surface area contributed by atoms with Crippen LogP contribution < -0.4 is 21.1 Å². The number of likely N-dealkylation sites (N-methyl/N-ethyl adjacent to an activating group) is 1. The van der Waals surface area contributed by atoms with Crippen LogP contribution in [0.3, 0.4) is 0 Å². The molecule has 0 radical (unpaired) electrons. The van der Waals surface area contributed by atoms with Crippen LogP contribution in [0.2, 0.25) is 5.02 Å². The molecule has 1 aromatic heterocycles. The van der Waals surface area contributed by atoms with Gasteiger partial charge in [0.2, 0.25) is 11.8 Å². The predicted octanol–water partition coefficient (Wildman–Crippen LogP) is 1.40. The number of urea groups is 1. The van der Waals surface area contributed by atoms with Crippen molar-refractivity contribution in [3.05, 3.63) is 39.9 Å². The van der Waals surface area contributed by atoms with Gasteiger partial charge in [-0.2, -0.15) is 4.37 Å². The number of nitrogens with two attached hydrogens (primary N) is 1. The van der Waals surface area contributed by atoms with Crippen LogP contribution in [-0.4, -0.2) is 83.0 Å². The lowest BCUT2D eigenvalue weighted by Crippen LogP contribution is -2.48. The minimum Gasteiger partial charge on any atom is -0.471 e. The van der Waals surface area contributed by atoms with Gasteiger partial charge in [0.15, 0.2) is 0 Å². The Hall–Kier alpha value is -3.07. The lowest BCUT2D eigenvalue weighted by Gasteiger charge is -2.32. The molecular formula is C21H25ClF2N6O5S. The van der Waals surface area contributed by atoms with Crippen molar-refractivity contribution in [1.82, 2.24) is 19.5 Å². The Morgan fingerprint density at radius 2 is 1.89 bits per heavy atom. The summed E-state index contributed by atoms with van der Waals surface area (Å²) in [5.74, 6) is -3.43. The van der Waals surface area contributed by atoms with Crippen molar-refractivity contribution in [2.75, 3.05) is 45.1 Å². The topological polar surface area (TPSA) is 150 Å². The second-order valence-corrected chi connectivity index (χ2v) is 9.28. The summed E-state index contributed by atoms with van der Waals surface area (Å²) in [5.41, 5.74) is 4.64. The molecule has 2 heterocycles. The Morgan fingerprint density at radius 3 is 2.50 bits per heavy atom. The summed E-state index contributed by atoms with van der Waals surface area (Å²) < 4.78 is 37.1. The van der Waals surface area contributed by atoms with E-state index in [2.05, 4.69) is 19.9 Å². The van der Waals surface area contributed by atoms with Crippen LogP contribution in [0.25, 0.3) is 0 Å². The molecule has 1 unspecified atom stereocenters. The lowest BCUT2D eigenvalue weighted by atomic mass is 10.2. The normalized spacial score (nSPS) is 14.9. The van der Waals surface area contributed by atoms with Crippen molar-refractivity contribution >= 4 is 46.0 Å². The van der Waals surface area contributed by atoms with E-state index in [-0.39, 0.29) is 40.3 Å². The summed E-state index contributed by atoms with van der Waals surface area (Å²) in [6.07, 6.45) is -1.28. The summed E-state index contributed by atoms with van der Waals surface area (Å²) in [5, 5.41) is 14.7. The zero-order valence-corrected chi connectivity index (χ0v) is 20.8. The number of primary amides is 1. The lowest BCUT2D eigenvalue weighted by molar-refractivity contribution is -0.134. The summed E-state index contributed by atoms with van der Waals surface area (Å²) in [6, 6.07) is 1.02. The zero-order valence-electron chi connectivity index (χ0n) is 19.2. The number of anilines is 1. The summed E-state index contributed by atoms with van der Waals surface area (Å²) in [7, 11) is 1.96. The average Bonchev–Trinajstić information content (AvgIpc) is 3.20. The second-order valence-electron chi connectivity index (χ2n) is 8.07. The second kappa shape index (κ2) is 12.3. The highest BCUT2D eigenvalue weighted by Gasteiger charge is 2.24. The SMILES string of the molecule is CN1CCN(C(=O)CC(O)CNC(=O)Nc2snc(OCc3c(F)cc(Cl)cc3F)c2C(N)=O)CC1. The highest BCUT2D eigenvalue weighted by Crippen LogP contribution is 2.31. The summed E-state index contributed by atoms with van der Waals surface area (Å²) in [6.45, 7) is 1.79. The van der Waals surface area contributed by atoms with E-state index in [0.29, 0.717) is 24.6 Å². The molecule has 3 rings (SSSR count). The van der Waals surface area contributed by atoms with E-state index >= 15 is 0 Å². The molecule has 1 aromatic carbocycles. The highest BCUT2D eigenvalue weighted by atomic mass is 35.5. The van der Waals surface area contributed by atoms with Crippen LogP contribution in [-0.2, 0) is 11.4 Å². The maximum atomic E-state index is 14.0. The molecule has 5 N–H and O–H groups in total. The van der Waals surface area contributed by atoms with Crippen LogP contribution >= 0.6 is 23.1 Å². The number of benzene rings is 1. The molecule has 4 amide bonds. The average molecular weight is 547 g/mol. The number of carbonyl (C=O) groups is 3. The Balaban J connectivity index is 1.54. The maximum Gasteiger partial charge on any atom is 0.320 e. The molecule has 0 aliphatic carbocycles. The van der Waals surface area contributed by atoms with E-state index in [9.17, 15) is 28.3 Å². The molecule has 11 nitrogen and oxygen atoms in total. The minimum absolute atomic E-state index is 0.0740. The monoisotopic (exact) mass is 546 g/mol. The number of ether oxygens (including phenoxy) is 1. The molecule has 1 fully saturated rings. The molecule has 2 aromatic rings. The van der Waals surface area contributed by atoms with Gasteiger partial charge < -0.3 is 30.7 Å². The first-order valence-electron chi connectivity index (χ1n) is 10.8. The number of nitrogens with zero attached hydrogens (tertiary/aromatic N) is 3. The standard InChI is InChI=1S/C21H25ClF2N6O5S/c1-29-2-4-30(5-3-29)16(32)8-12(31)9-26-21(34)27-20-17(18(25)33)19(28-36-20)35-10-13-14(23)6-11(22)7-15(13)24/h6-7,12,31H,2-5,8-10H2,1H3,(H2,25,33)(H2,26,27,34).